The standard InChI is InChI=1S/C19H17F3N4O3S/c20-19(21,22)18(29,16-26-13-3-1-2-4-14(13)30-16)9-15(27)24-10-11-5-7-12(8-6-11)25-17(23)28/h1-8,29H,9-10H2,(H,24,27)(H3,23,25,28). The summed E-state index contributed by atoms with van der Waals surface area (Å²) in [4.78, 5) is 26.9. The lowest BCUT2D eigenvalue weighted by molar-refractivity contribution is -0.267. The molecule has 0 spiro atoms. The molecule has 0 saturated carbocycles. The van der Waals surface area contributed by atoms with Crippen molar-refractivity contribution in [2.45, 2.75) is 24.7 Å². The summed E-state index contributed by atoms with van der Waals surface area (Å²) >= 11 is 0.688. The third kappa shape index (κ3) is 4.69. The van der Waals surface area contributed by atoms with Crippen LogP contribution in [0, 0.1) is 0 Å². The molecule has 11 heteroatoms. The van der Waals surface area contributed by atoms with Gasteiger partial charge < -0.3 is 21.5 Å². The number of amides is 3. The Morgan fingerprint density at radius 1 is 1.10 bits per heavy atom. The Kier molecular flexibility index (Phi) is 5.94. The molecule has 158 valence electrons. The molecule has 3 rings (SSSR count). The fourth-order valence-electron chi connectivity index (χ4n) is 2.69. The number of hydrogen-bond donors (Lipinski definition) is 4. The van der Waals surface area contributed by atoms with E-state index in [1.54, 1.807) is 30.3 Å². The highest BCUT2D eigenvalue weighted by Crippen LogP contribution is 2.44. The van der Waals surface area contributed by atoms with E-state index in [9.17, 15) is 27.9 Å². The first-order valence-corrected chi connectivity index (χ1v) is 9.47. The normalized spacial score (nSPS) is 13.6. The predicted octanol–water partition coefficient (Wildman–Crippen LogP) is 3.24. The molecular formula is C19H17F3N4O3S. The molecule has 3 amide bonds. The molecule has 1 aromatic heterocycles. The van der Waals surface area contributed by atoms with Crippen molar-refractivity contribution in [1.29, 1.82) is 0 Å². The molecule has 0 fully saturated rings. The average Bonchev–Trinajstić information content (AvgIpc) is 3.11. The highest BCUT2D eigenvalue weighted by atomic mass is 32.1. The maximum Gasteiger partial charge on any atom is 0.424 e. The van der Waals surface area contributed by atoms with Gasteiger partial charge in [0.25, 0.3) is 0 Å². The summed E-state index contributed by atoms with van der Waals surface area (Å²) in [7, 11) is 0. The zero-order chi connectivity index (χ0) is 21.9. The lowest BCUT2D eigenvalue weighted by Crippen LogP contribution is -2.46. The molecule has 7 nitrogen and oxygen atoms in total. The summed E-state index contributed by atoms with van der Waals surface area (Å²) in [6.07, 6.45) is -6.32. The van der Waals surface area contributed by atoms with Crippen LogP contribution >= 0.6 is 11.3 Å². The van der Waals surface area contributed by atoms with Gasteiger partial charge in [-0.05, 0) is 29.8 Å². The number of hydrogen-bond acceptors (Lipinski definition) is 5. The van der Waals surface area contributed by atoms with Gasteiger partial charge in [0.05, 0.1) is 16.6 Å². The Labute approximate surface area is 172 Å². The number of aliphatic hydroxyl groups is 1. The van der Waals surface area contributed by atoms with Gasteiger partial charge >= 0.3 is 12.2 Å². The van der Waals surface area contributed by atoms with Crippen molar-refractivity contribution in [2.24, 2.45) is 5.73 Å². The van der Waals surface area contributed by atoms with Crippen LogP contribution in [-0.2, 0) is 16.9 Å². The number of para-hydroxylation sites is 1. The summed E-state index contributed by atoms with van der Waals surface area (Å²) in [6.45, 7) is -0.0660. The SMILES string of the molecule is NC(=O)Nc1ccc(CNC(=O)CC(O)(c2nc3ccccc3s2)C(F)(F)F)cc1. The van der Waals surface area contributed by atoms with Gasteiger partial charge in [-0.1, -0.05) is 24.3 Å². The number of aromatic nitrogens is 1. The lowest BCUT2D eigenvalue weighted by atomic mass is 9.99. The van der Waals surface area contributed by atoms with Gasteiger partial charge in [-0.2, -0.15) is 13.2 Å². The smallest absolute Gasteiger partial charge is 0.374 e. The summed E-state index contributed by atoms with van der Waals surface area (Å²) in [5, 5.41) is 14.5. The molecule has 3 aromatic rings. The van der Waals surface area contributed by atoms with Gasteiger partial charge in [0, 0.05) is 12.2 Å². The van der Waals surface area contributed by atoms with Gasteiger partial charge in [-0.25, -0.2) is 9.78 Å². The van der Waals surface area contributed by atoms with Crippen molar-refractivity contribution < 1.29 is 27.9 Å². The van der Waals surface area contributed by atoms with Crippen molar-refractivity contribution in [1.82, 2.24) is 10.3 Å². The number of nitrogens with zero attached hydrogens (tertiary/aromatic N) is 1. The van der Waals surface area contributed by atoms with Crippen LogP contribution in [0.1, 0.15) is 17.0 Å². The van der Waals surface area contributed by atoms with Crippen molar-refractivity contribution in [3.05, 3.63) is 59.1 Å². The fraction of sp³-hybridized carbons (Fsp3) is 0.211. The van der Waals surface area contributed by atoms with Crippen molar-refractivity contribution in [2.75, 3.05) is 5.32 Å². The highest BCUT2D eigenvalue weighted by molar-refractivity contribution is 7.18. The summed E-state index contributed by atoms with van der Waals surface area (Å²) in [5.41, 5.74) is 2.91. The first kappa shape index (κ1) is 21.5. The lowest BCUT2D eigenvalue weighted by Gasteiger charge is -2.27. The number of fused-ring (bicyclic) bond motifs is 1. The zero-order valence-electron chi connectivity index (χ0n) is 15.4. The number of carbonyl (C=O) groups excluding carboxylic acids is 2. The predicted molar refractivity (Wildman–Crippen MR) is 106 cm³/mol. The minimum absolute atomic E-state index is 0.0660. The molecule has 5 N–H and O–H groups in total. The average molecular weight is 438 g/mol. The molecule has 0 bridgehead atoms. The second-order valence-corrected chi connectivity index (χ2v) is 7.52. The second kappa shape index (κ2) is 8.28. The van der Waals surface area contributed by atoms with Gasteiger partial charge in [0.1, 0.15) is 5.01 Å². The van der Waals surface area contributed by atoms with Gasteiger partial charge in [0.2, 0.25) is 11.5 Å². The Morgan fingerprint density at radius 3 is 2.37 bits per heavy atom. The molecule has 0 aliphatic rings. The van der Waals surface area contributed by atoms with E-state index >= 15 is 0 Å². The minimum atomic E-state index is -5.10. The molecule has 0 radical (unpaired) electrons. The number of nitrogens with two attached hydrogens (primary N) is 1. The van der Waals surface area contributed by atoms with E-state index in [-0.39, 0.29) is 6.54 Å². The third-order valence-electron chi connectivity index (χ3n) is 4.24. The van der Waals surface area contributed by atoms with E-state index in [1.807, 2.05) is 0 Å². The van der Waals surface area contributed by atoms with Crippen LogP contribution in [0.3, 0.4) is 0 Å². The number of thiazole rings is 1. The summed E-state index contributed by atoms with van der Waals surface area (Å²) in [6, 6.07) is 11.8. The van der Waals surface area contributed by atoms with E-state index in [0.29, 0.717) is 32.8 Å². The molecule has 2 aromatic carbocycles. The molecule has 1 heterocycles. The van der Waals surface area contributed by atoms with Crippen LogP contribution in [0.25, 0.3) is 10.2 Å². The Hall–Kier alpha value is -3.18. The minimum Gasteiger partial charge on any atom is -0.374 e. The first-order valence-electron chi connectivity index (χ1n) is 8.66. The second-order valence-electron chi connectivity index (χ2n) is 6.48. The maximum absolute atomic E-state index is 13.7. The number of nitrogens with one attached hydrogen (secondary N) is 2. The number of alkyl halides is 3. The fourth-order valence-corrected chi connectivity index (χ4v) is 3.76. The van der Waals surface area contributed by atoms with E-state index in [4.69, 9.17) is 5.73 Å². The van der Waals surface area contributed by atoms with Crippen LogP contribution in [0.2, 0.25) is 0 Å². The largest absolute Gasteiger partial charge is 0.424 e. The number of urea groups is 1. The van der Waals surface area contributed by atoms with Crippen LogP contribution < -0.4 is 16.4 Å². The number of halogens is 3. The summed E-state index contributed by atoms with van der Waals surface area (Å²) < 4.78 is 41.5. The van der Waals surface area contributed by atoms with Gasteiger partial charge in [-0.15, -0.1) is 11.3 Å². The quantitative estimate of drug-likeness (QED) is 0.473. The monoisotopic (exact) mass is 438 g/mol. The van der Waals surface area contributed by atoms with E-state index in [2.05, 4.69) is 15.6 Å². The number of rotatable bonds is 6. The van der Waals surface area contributed by atoms with E-state index in [1.165, 1.54) is 18.2 Å². The Balaban J connectivity index is 1.72. The van der Waals surface area contributed by atoms with Crippen molar-refractivity contribution in [3.8, 4) is 0 Å². The first-order chi connectivity index (χ1) is 14.1. The van der Waals surface area contributed by atoms with Crippen LogP contribution in [0.5, 0.6) is 0 Å². The molecule has 1 atom stereocenters. The maximum atomic E-state index is 13.7. The Bertz CT molecular complexity index is 1040. The van der Waals surface area contributed by atoms with E-state index < -0.39 is 35.1 Å². The van der Waals surface area contributed by atoms with Crippen LogP contribution in [0.4, 0.5) is 23.7 Å². The molecular weight excluding hydrogens is 421 g/mol. The molecule has 0 aliphatic heterocycles. The van der Waals surface area contributed by atoms with Crippen LogP contribution in [-0.4, -0.2) is 28.2 Å². The topological polar surface area (TPSA) is 117 Å². The van der Waals surface area contributed by atoms with Crippen molar-refractivity contribution >= 4 is 39.2 Å². The van der Waals surface area contributed by atoms with Gasteiger partial charge in [-0.3, -0.25) is 4.79 Å². The molecule has 0 saturated heterocycles. The molecule has 30 heavy (non-hydrogen) atoms. The molecule has 0 aliphatic carbocycles. The molecule has 1 unspecified atom stereocenters. The zero-order valence-corrected chi connectivity index (χ0v) is 16.2. The number of benzene rings is 2. The Morgan fingerprint density at radius 2 is 1.77 bits per heavy atom. The van der Waals surface area contributed by atoms with Crippen LogP contribution in [0.15, 0.2) is 48.5 Å². The highest BCUT2D eigenvalue weighted by Gasteiger charge is 2.58. The van der Waals surface area contributed by atoms with Gasteiger partial charge in [0.15, 0.2) is 0 Å². The third-order valence-corrected chi connectivity index (χ3v) is 5.43. The number of anilines is 1. The number of carbonyl (C=O) groups is 2. The number of primary amides is 1. The van der Waals surface area contributed by atoms with Crippen molar-refractivity contribution in [3.63, 3.8) is 0 Å². The van der Waals surface area contributed by atoms with E-state index in [0.717, 1.165) is 0 Å². The summed E-state index contributed by atoms with van der Waals surface area (Å²) in [5.74, 6) is -0.992.